The predicted octanol–water partition coefficient (Wildman–Crippen LogP) is 6.59. The van der Waals surface area contributed by atoms with Crippen molar-refractivity contribution >= 4 is 33.2 Å². The zero-order chi connectivity index (χ0) is 31.1. The molecule has 2 heterocycles. The second kappa shape index (κ2) is 11.6. The minimum Gasteiger partial charge on any atom is -0.476 e. The number of alkyl halides is 8. The summed E-state index contributed by atoms with van der Waals surface area (Å²) in [4.78, 5) is 26.5. The molecule has 42 heavy (non-hydrogen) atoms. The molecule has 2 N–H and O–H groups in total. The molecule has 0 spiro atoms. The fraction of sp³-hybridized carbons (Fsp3) is 0.280. The normalized spacial score (nSPS) is 13.9. The zero-order valence-electron chi connectivity index (χ0n) is 20.8. The lowest BCUT2D eigenvalue weighted by Crippen LogP contribution is -2.38. The quantitative estimate of drug-likeness (QED) is 0.211. The van der Waals surface area contributed by atoms with E-state index in [1.165, 1.54) is 31.2 Å². The number of aliphatic hydroxyl groups excluding tert-OH is 1. The minimum atomic E-state index is -5.29. The molecule has 0 saturated carbocycles. The average molecular weight is 645 g/mol. The molecule has 1 unspecified atom stereocenters. The Morgan fingerprint density at radius 2 is 1.67 bits per heavy atom. The van der Waals surface area contributed by atoms with Gasteiger partial charge in [-0.25, -0.2) is 13.6 Å². The molecule has 0 bridgehead atoms. The maximum absolute atomic E-state index is 13.9. The molecule has 4 rings (SSSR count). The Morgan fingerprint density at radius 1 is 1.02 bits per heavy atom. The lowest BCUT2D eigenvalue weighted by atomic mass is 10.1. The number of ether oxygens (including phenoxy) is 2. The Balaban J connectivity index is 1.84. The third kappa shape index (κ3) is 6.71. The highest BCUT2D eigenvalue weighted by atomic mass is 35.5. The first-order chi connectivity index (χ1) is 19.5. The average Bonchev–Trinajstić information content (AvgIpc) is 3.22. The molecule has 0 fully saturated rings. The largest absolute Gasteiger partial charge is 0.573 e. The second-order valence-corrected chi connectivity index (χ2v) is 10.2. The number of nitrogens with one attached hydrogen (secondary N) is 1. The van der Waals surface area contributed by atoms with E-state index in [9.17, 15) is 49.8 Å². The highest BCUT2D eigenvalue weighted by Crippen LogP contribution is 2.43. The second-order valence-electron chi connectivity index (χ2n) is 8.80. The molecular weight excluding hydrogens is 628 g/mol. The molecule has 2 aromatic heterocycles. The van der Waals surface area contributed by atoms with E-state index in [2.05, 4.69) is 4.74 Å². The summed E-state index contributed by atoms with van der Waals surface area (Å²) in [5.41, 5.74) is -2.34. The number of nitrogens with zero attached hydrogens (tertiary/aromatic N) is 1. The van der Waals surface area contributed by atoms with Crippen molar-refractivity contribution in [3.8, 4) is 21.9 Å². The van der Waals surface area contributed by atoms with Crippen molar-refractivity contribution in [1.29, 1.82) is 0 Å². The molecule has 2 aromatic carbocycles. The van der Waals surface area contributed by atoms with Gasteiger partial charge in [-0.05, 0) is 53.9 Å². The Morgan fingerprint density at radius 3 is 2.24 bits per heavy atom. The molecule has 4 aromatic rings. The van der Waals surface area contributed by atoms with E-state index in [1.807, 2.05) is 4.98 Å². The van der Waals surface area contributed by atoms with E-state index in [4.69, 9.17) is 16.3 Å². The topological polar surface area (TPSA) is 93.5 Å². The number of hydrogen-bond donors (Lipinski definition) is 2. The van der Waals surface area contributed by atoms with Crippen LogP contribution in [0.5, 0.6) is 11.5 Å². The standard InChI is InChI=1S/C25H17ClF8N2O5S/c1-10-17-21(38)35-23(39)36(9-16(37)24(29,30)31)22(17)42-19(10)12-4-7-14(15(8-12)41-25(32,33)34)40-18(20(27)28)11-2-5-13(26)6-3-11/h2-8,16,18,20,37H,9H2,1H3,(H,35,38,39)/t16-,18?/m1/s1. The zero-order valence-corrected chi connectivity index (χ0v) is 22.4. The first-order valence-corrected chi connectivity index (χ1v) is 12.8. The smallest absolute Gasteiger partial charge is 0.476 e. The number of aryl methyl sites for hydroxylation is 1. The van der Waals surface area contributed by atoms with Crippen LogP contribution in [0.3, 0.4) is 0 Å². The summed E-state index contributed by atoms with van der Waals surface area (Å²) < 4.78 is 116. The van der Waals surface area contributed by atoms with Crippen LogP contribution in [0.4, 0.5) is 35.1 Å². The summed E-state index contributed by atoms with van der Waals surface area (Å²) >= 11 is 6.36. The number of halogens is 9. The monoisotopic (exact) mass is 644 g/mol. The van der Waals surface area contributed by atoms with Gasteiger partial charge in [0.2, 0.25) is 0 Å². The van der Waals surface area contributed by atoms with Crippen LogP contribution in [0.2, 0.25) is 5.02 Å². The Bertz CT molecular complexity index is 1710. The number of rotatable bonds is 8. The molecule has 0 amide bonds. The molecule has 0 saturated heterocycles. The third-order valence-electron chi connectivity index (χ3n) is 5.91. The lowest BCUT2D eigenvalue weighted by Gasteiger charge is -2.21. The van der Waals surface area contributed by atoms with Crippen LogP contribution in [-0.2, 0) is 6.54 Å². The van der Waals surface area contributed by atoms with E-state index >= 15 is 0 Å². The third-order valence-corrected chi connectivity index (χ3v) is 7.53. The van der Waals surface area contributed by atoms with E-state index < -0.39 is 60.5 Å². The van der Waals surface area contributed by atoms with Crippen molar-refractivity contribution < 1.29 is 49.7 Å². The maximum Gasteiger partial charge on any atom is 0.573 e. The fourth-order valence-corrected chi connectivity index (χ4v) is 5.43. The summed E-state index contributed by atoms with van der Waals surface area (Å²) in [6, 6.07) is 7.82. The highest BCUT2D eigenvalue weighted by molar-refractivity contribution is 7.22. The molecule has 0 aliphatic rings. The van der Waals surface area contributed by atoms with Crippen LogP contribution in [-0.4, -0.2) is 39.7 Å². The van der Waals surface area contributed by atoms with Gasteiger partial charge in [-0.2, -0.15) is 13.2 Å². The van der Waals surface area contributed by atoms with Crippen LogP contribution in [0.1, 0.15) is 17.2 Å². The van der Waals surface area contributed by atoms with Gasteiger partial charge in [0, 0.05) is 9.90 Å². The van der Waals surface area contributed by atoms with E-state index in [0.717, 1.165) is 18.2 Å². The van der Waals surface area contributed by atoms with Crippen molar-refractivity contribution in [3.05, 3.63) is 79.5 Å². The number of aromatic nitrogens is 2. The number of benzene rings is 2. The molecule has 7 nitrogen and oxygen atoms in total. The van der Waals surface area contributed by atoms with Crippen LogP contribution >= 0.6 is 22.9 Å². The van der Waals surface area contributed by atoms with E-state index in [1.54, 1.807) is 0 Å². The maximum atomic E-state index is 13.9. The van der Waals surface area contributed by atoms with Crippen molar-refractivity contribution in [2.75, 3.05) is 0 Å². The summed E-state index contributed by atoms with van der Waals surface area (Å²) in [7, 11) is 0. The van der Waals surface area contributed by atoms with E-state index in [-0.39, 0.29) is 36.8 Å². The Kier molecular flexibility index (Phi) is 8.62. The van der Waals surface area contributed by atoms with Gasteiger partial charge < -0.3 is 14.6 Å². The van der Waals surface area contributed by atoms with Gasteiger partial charge in [-0.15, -0.1) is 24.5 Å². The Hall–Kier alpha value is -3.63. The molecule has 2 atom stereocenters. The van der Waals surface area contributed by atoms with Gasteiger partial charge in [0.1, 0.15) is 4.83 Å². The van der Waals surface area contributed by atoms with Crippen molar-refractivity contribution in [2.45, 2.75) is 44.6 Å². The molecule has 0 radical (unpaired) electrons. The summed E-state index contributed by atoms with van der Waals surface area (Å²) in [5, 5.41) is 9.47. The van der Waals surface area contributed by atoms with Gasteiger partial charge in [0.15, 0.2) is 23.7 Å². The number of fused-ring (bicyclic) bond motifs is 1. The van der Waals surface area contributed by atoms with Crippen LogP contribution in [0.15, 0.2) is 52.1 Å². The van der Waals surface area contributed by atoms with Gasteiger partial charge in [-0.3, -0.25) is 14.3 Å². The summed E-state index contributed by atoms with van der Waals surface area (Å²) in [6.45, 7) is 0.0599. The van der Waals surface area contributed by atoms with Crippen molar-refractivity contribution in [1.82, 2.24) is 9.55 Å². The molecule has 0 aliphatic heterocycles. The number of aliphatic hydroxyl groups is 1. The number of aromatic amines is 1. The Labute approximate surface area is 238 Å². The van der Waals surface area contributed by atoms with Crippen molar-refractivity contribution in [3.63, 3.8) is 0 Å². The van der Waals surface area contributed by atoms with Crippen LogP contribution in [0, 0.1) is 6.92 Å². The van der Waals surface area contributed by atoms with Gasteiger partial charge in [-0.1, -0.05) is 23.7 Å². The SMILES string of the molecule is Cc1c(-c2ccc(OC(c3ccc(Cl)cc3)C(F)F)c(OC(F)(F)F)c2)sc2c1c(=O)[nH]c(=O)n2C[C@@H](O)C(F)(F)F. The molecule has 0 aliphatic carbocycles. The van der Waals surface area contributed by atoms with Crippen LogP contribution < -0.4 is 20.7 Å². The predicted molar refractivity (Wildman–Crippen MR) is 136 cm³/mol. The number of thiophene rings is 1. The minimum absolute atomic E-state index is 0.0398. The lowest BCUT2D eigenvalue weighted by molar-refractivity contribution is -0.275. The van der Waals surface area contributed by atoms with Gasteiger partial charge >= 0.3 is 18.2 Å². The van der Waals surface area contributed by atoms with Gasteiger partial charge in [0.25, 0.3) is 12.0 Å². The molecule has 226 valence electrons. The van der Waals surface area contributed by atoms with Crippen LogP contribution in [0.25, 0.3) is 20.7 Å². The highest BCUT2D eigenvalue weighted by Gasteiger charge is 2.39. The van der Waals surface area contributed by atoms with Crippen molar-refractivity contribution in [2.24, 2.45) is 0 Å². The summed E-state index contributed by atoms with van der Waals surface area (Å²) in [5.74, 6) is -1.76. The number of H-pyrrole nitrogens is 1. The first kappa shape index (κ1) is 31.3. The molecule has 17 heteroatoms. The first-order valence-electron chi connectivity index (χ1n) is 11.6. The summed E-state index contributed by atoms with van der Waals surface area (Å²) in [6.07, 6.45) is -18.6. The van der Waals surface area contributed by atoms with E-state index in [0.29, 0.717) is 15.9 Å². The molecular formula is C25H17ClF8N2O5S. The fourth-order valence-electron chi connectivity index (χ4n) is 4.00. The van der Waals surface area contributed by atoms with Gasteiger partial charge in [0.05, 0.1) is 11.9 Å². The number of hydrogen-bond acceptors (Lipinski definition) is 6.